The third-order valence-electron chi connectivity index (χ3n) is 4.02. The van der Waals surface area contributed by atoms with E-state index in [4.69, 9.17) is 16.3 Å². The number of amides is 2. The highest BCUT2D eigenvalue weighted by atomic mass is 35.5. The summed E-state index contributed by atoms with van der Waals surface area (Å²) < 4.78 is 5.05. The Morgan fingerprint density at radius 2 is 1.74 bits per heavy atom. The van der Waals surface area contributed by atoms with Gasteiger partial charge in [0.2, 0.25) is 5.91 Å². The molecule has 0 aromatic heterocycles. The number of nitrogens with zero attached hydrogens (tertiary/aromatic N) is 2. The number of carbonyl (C=O) groups excluding carboxylic acids is 2. The van der Waals surface area contributed by atoms with E-state index >= 15 is 0 Å². The minimum Gasteiger partial charge on any atom is -0.384 e. The fourth-order valence-electron chi connectivity index (χ4n) is 2.75. The minimum absolute atomic E-state index is 0.0131. The van der Waals surface area contributed by atoms with E-state index in [1.165, 1.54) is 0 Å². The van der Waals surface area contributed by atoms with Gasteiger partial charge in [-0.25, -0.2) is 0 Å². The molecule has 0 spiro atoms. The molecule has 1 saturated heterocycles. The van der Waals surface area contributed by atoms with Crippen molar-refractivity contribution in [3.63, 3.8) is 0 Å². The summed E-state index contributed by atoms with van der Waals surface area (Å²) in [5.41, 5.74) is 0.627. The fraction of sp³-hybridized carbons (Fsp3) is 0.529. The van der Waals surface area contributed by atoms with Crippen molar-refractivity contribution < 1.29 is 14.3 Å². The molecule has 0 unspecified atom stereocenters. The highest BCUT2D eigenvalue weighted by Gasteiger charge is 2.25. The Kier molecular flexibility index (Phi) is 6.42. The van der Waals surface area contributed by atoms with Crippen molar-refractivity contribution in [2.24, 2.45) is 5.92 Å². The Bertz CT molecular complexity index is 547. The highest BCUT2D eigenvalue weighted by Crippen LogP contribution is 2.14. The monoisotopic (exact) mass is 338 g/mol. The summed E-state index contributed by atoms with van der Waals surface area (Å²) in [5.74, 6) is -0.0768. The molecule has 1 atom stereocenters. The number of hydrogen-bond donors (Lipinski definition) is 0. The first-order chi connectivity index (χ1) is 11.0. The second-order valence-electron chi connectivity index (χ2n) is 5.83. The van der Waals surface area contributed by atoms with Crippen LogP contribution in [0.5, 0.6) is 0 Å². The van der Waals surface area contributed by atoms with Crippen molar-refractivity contribution in [3.05, 3.63) is 34.9 Å². The lowest BCUT2D eigenvalue weighted by Crippen LogP contribution is -2.40. The van der Waals surface area contributed by atoms with Gasteiger partial charge in [0.25, 0.3) is 5.91 Å². The summed E-state index contributed by atoms with van der Waals surface area (Å²) >= 11 is 5.86. The van der Waals surface area contributed by atoms with Crippen LogP contribution in [0.3, 0.4) is 0 Å². The molecule has 1 aromatic rings. The molecule has 0 saturated carbocycles. The van der Waals surface area contributed by atoms with Crippen LogP contribution < -0.4 is 0 Å². The maximum atomic E-state index is 12.5. The minimum atomic E-state index is -0.154. The number of benzene rings is 1. The number of rotatable bonds is 4. The molecular formula is C17H23ClN2O3. The van der Waals surface area contributed by atoms with Crippen LogP contribution in [-0.2, 0) is 9.53 Å². The summed E-state index contributed by atoms with van der Waals surface area (Å²) in [7, 11) is 1.60. The normalized spacial score (nSPS) is 16.8. The van der Waals surface area contributed by atoms with Crippen LogP contribution >= 0.6 is 11.6 Å². The van der Waals surface area contributed by atoms with E-state index in [1.807, 2.05) is 11.8 Å². The lowest BCUT2D eigenvalue weighted by Gasteiger charge is -2.24. The Morgan fingerprint density at radius 1 is 1.13 bits per heavy atom. The molecule has 1 aromatic carbocycles. The van der Waals surface area contributed by atoms with Crippen molar-refractivity contribution in [2.75, 3.05) is 39.9 Å². The lowest BCUT2D eigenvalue weighted by atomic mass is 10.1. The molecule has 0 bridgehead atoms. The molecule has 1 aliphatic rings. The first-order valence-corrected chi connectivity index (χ1v) is 8.23. The summed E-state index contributed by atoms with van der Waals surface area (Å²) in [6.45, 7) is 4.73. The molecule has 23 heavy (non-hydrogen) atoms. The van der Waals surface area contributed by atoms with E-state index in [2.05, 4.69) is 0 Å². The standard InChI is InChI=1S/C17H23ClN2O3/c1-13(12-23-2)16(21)19-8-3-9-20(11-10-19)17(22)14-4-6-15(18)7-5-14/h4-7,13H,3,8-12H2,1-2H3/t13-/m1/s1. The van der Waals surface area contributed by atoms with Crippen molar-refractivity contribution in [3.8, 4) is 0 Å². The van der Waals surface area contributed by atoms with Crippen molar-refractivity contribution in [2.45, 2.75) is 13.3 Å². The summed E-state index contributed by atoms with van der Waals surface area (Å²) in [4.78, 5) is 28.5. The molecule has 2 amide bonds. The van der Waals surface area contributed by atoms with Crippen LogP contribution in [0.2, 0.25) is 5.02 Å². The van der Waals surface area contributed by atoms with Gasteiger partial charge >= 0.3 is 0 Å². The topological polar surface area (TPSA) is 49.9 Å². The summed E-state index contributed by atoms with van der Waals surface area (Å²) in [5, 5.41) is 0.612. The van der Waals surface area contributed by atoms with Gasteiger partial charge in [-0.1, -0.05) is 18.5 Å². The van der Waals surface area contributed by atoms with Gasteiger partial charge in [0.1, 0.15) is 0 Å². The predicted octanol–water partition coefficient (Wildman–Crippen LogP) is 2.30. The van der Waals surface area contributed by atoms with Gasteiger partial charge < -0.3 is 14.5 Å². The molecule has 1 aliphatic heterocycles. The maximum absolute atomic E-state index is 12.5. The predicted molar refractivity (Wildman–Crippen MR) is 89.6 cm³/mol. The Balaban J connectivity index is 1.96. The second kappa shape index (κ2) is 8.31. The average molecular weight is 339 g/mol. The average Bonchev–Trinajstić information content (AvgIpc) is 2.80. The maximum Gasteiger partial charge on any atom is 0.253 e. The molecule has 2 rings (SSSR count). The van der Waals surface area contributed by atoms with Gasteiger partial charge in [-0.2, -0.15) is 0 Å². The van der Waals surface area contributed by atoms with Crippen molar-refractivity contribution in [1.82, 2.24) is 9.80 Å². The van der Waals surface area contributed by atoms with Gasteiger partial charge in [0.05, 0.1) is 12.5 Å². The van der Waals surface area contributed by atoms with E-state index in [-0.39, 0.29) is 17.7 Å². The molecule has 0 radical (unpaired) electrons. The Hall–Kier alpha value is -1.59. The zero-order valence-electron chi connectivity index (χ0n) is 13.6. The number of carbonyl (C=O) groups is 2. The van der Waals surface area contributed by atoms with Crippen LogP contribution in [0.1, 0.15) is 23.7 Å². The number of methoxy groups -OCH3 is 1. The zero-order valence-corrected chi connectivity index (χ0v) is 14.4. The smallest absolute Gasteiger partial charge is 0.253 e. The van der Waals surface area contributed by atoms with Crippen molar-refractivity contribution in [1.29, 1.82) is 0 Å². The summed E-state index contributed by atoms with van der Waals surface area (Å²) in [6, 6.07) is 6.90. The fourth-order valence-corrected chi connectivity index (χ4v) is 2.87. The van der Waals surface area contributed by atoms with E-state index in [9.17, 15) is 9.59 Å². The molecule has 1 fully saturated rings. The first-order valence-electron chi connectivity index (χ1n) is 7.85. The second-order valence-corrected chi connectivity index (χ2v) is 6.27. The quantitative estimate of drug-likeness (QED) is 0.846. The molecular weight excluding hydrogens is 316 g/mol. The van der Waals surface area contributed by atoms with E-state index in [1.54, 1.807) is 36.3 Å². The largest absolute Gasteiger partial charge is 0.384 e. The van der Waals surface area contributed by atoms with Crippen LogP contribution in [0.15, 0.2) is 24.3 Å². The van der Waals surface area contributed by atoms with E-state index in [0.29, 0.717) is 43.4 Å². The van der Waals surface area contributed by atoms with Gasteiger partial charge in [-0.15, -0.1) is 0 Å². The van der Waals surface area contributed by atoms with Crippen LogP contribution in [-0.4, -0.2) is 61.5 Å². The molecule has 0 N–H and O–H groups in total. The van der Waals surface area contributed by atoms with Gasteiger partial charge in [0.15, 0.2) is 0 Å². The van der Waals surface area contributed by atoms with Crippen LogP contribution in [0.25, 0.3) is 0 Å². The van der Waals surface area contributed by atoms with Crippen molar-refractivity contribution >= 4 is 23.4 Å². The molecule has 5 nitrogen and oxygen atoms in total. The summed E-state index contributed by atoms with van der Waals surface area (Å²) in [6.07, 6.45) is 0.783. The lowest BCUT2D eigenvalue weighted by molar-refractivity contribution is -0.136. The number of halogens is 1. The molecule has 0 aliphatic carbocycles. The molecule has 1 heterocycles. The Morgan fingerprint density at radius 3 is 2.39 bits per heavy atom. The third-order valence-corrected chi connectivity index (χ3v) is 4.28. The van der Waals surface area contributed by atoms with Crippen LogP contribution in [0, 0.1) is 5.92 Å². The number of ether oxygens (including phenoxy) is 1. The van der Waals surface area contributed by atoms with E-state index in [0.717, 1.165) is 6.42 Å². The van der Waals surface area contributed by atoms with E-state index < -0.39 is 0 Å². The van der Waals surface area contributed by atoms with Gasteiger partial charge in [-0.05, 0) is 30.7 Å². The first kappa shape index (κ1) is 17.8. The molecule has 6 heteroatoms. The highest BCUT2D eigenvalue weighted by molar-refractivity contribution is 6.30. The Labute approximate surface area is 142 Å². The zero-order chi connectivity index (χ0) is 16.8. The van der Waals surface area contributed by atoms with Gasteiger partial charge in [-0.3, -0.25) is 9.59 Å². The van der Waals surface area contributed by atoms with Crippen LogP contribution in [0.4, 0.5) is 0 Å². The SMILES string of the molecule is COC[C@@H](C)C(=O)N1CCCN(C(=O)c2ccc(Cl)cc2)CC1. The molecule has 126 valence electrons. The number of hydrogen-bond acceptors (Lipinski definition) is 3. The third kappa shape index (κ3) is 4.69. The van der Waals surface area contributed by atoms with Gasteiger partial charge in [0, 0.05) is 43.9 Å².